The summed E-state index contributed by atoms with van der Waals surface area (Å²) in [7, 11) is -3.27. The van der Waals surface area contributed by atoms with Crippen molar-refractivity contribution < 1.29 is 13.6 Å². The maximum atomic E-state index is 13.1. The molecule has 2 aromatic rings. The van der Waals surface area contributed by atoms with Gasteiger partial charge in [-0.15, -0.1) is 0 Å². The molecule has 0 heterocycles. The van der Waals surface area contributed by atoms with Gasteiger partial charge in [0.2, 0.25) is 0 Å². The number of nitrogens with one attached hydrogen (secondary N) is 1. The third kappa shape index (κ3) is 7.02. The summed E-state index contributed by atoms with van der Waals surface area (Å²) in [6.45, 7) is 6.88. The first-order valence-corrected chi connectivity index (χ1v) is 11.6. The first-order valence-electron chi connectivity index (χ1n) is 9.51. The van der Waals surface area contributed by atoms with Crippen molar-refractivity contribution in [1.29, 1.82) is 0 Å². The largest absolute Gasteiger partial charge is 0.349 e. The van der Waals surface area contributed by atoms with Crippen molar-refractivity contribution >= 4 is 30.6 Å². The lowest BCUT2D eigenvalue weighted by atomic mass is 10.1. The summed E-state index contributed by atoms with van der Waals surface area (Å²) in [5, 5.41) is 3.78. The fourth-order valence-electron chi connectivity index (χ4n) is 2.77. The van der Waals surface area contributed by atoms with E-state index in [2.05, 4.69) is 17.4 Å². The lowest BCUT2D eigenvalue weighted by molar-refractivity contribution is 0.210. The molecule has 0 fully saturated rings. The van der Waals surface area contributed by atoms with Crippen LogP contribution in [0.3, 0.4) is 0 Å². The van der Waals surface area contributed by atoms with Crippen molar-refractivity contribution in [3.8, 4) is 0 Å². The predicted octanol–water partition coefficient (Wildman–Crippen LogP) is 5.46. The van der Waals surface area contributed by atoms with Crippen LogP contribution in [-0.2, 0) is 20.0 Å². The van der Waals surface area contributed by atoms with Crippen LogP contribution in [0.5, 0.6) is 0 Å². The number of para-hydroxylation sites is 1. The molecule has 0 aliphatic rings. The maximum Gasteiger partial charge on any atom is 0.349 e. The second-order valence-corrected chi connectivity index (χ2v) is 8.74. The van der Waals surface area contributed by atoms with Crippen LogP contribution in [0.1, 0.15) is 25.0 Å². The van der Waals surface area contributed by atoms with Crippen molar-refractivity contribution in [2.45, 2.75) is 27.2 Å². The van der Waals surface area contributed by atoms with Gasteiger partial charge in [-0.1, -0.05) is 48.5 Å². The molecule has 0 unspecified atom stereocenters. The van der Waals surface area contributed by atoms with E-state index in [1.54, 1.807) is 0 Å². The van der Waals surface area contributed by atoms with Crippen LogP contribution in [0, 0.1) is 6.92 Å². The Morgan fingerprint density at radius 2 is 1.64 bits per heavy atom. The van der Waals surface area contributed by atoms with Crippen LogP contribution < -0.4 is 5.32 Å². The number of benzene rings is 2. The Labute approximate surface area is 173 Å². The van der Waals surface area contributed by atoms with Crippen molar-refractivity contribution in [2.24, 2.45) is 0 Å². The summed E-state index contributed by atoms with van der Waals surface area (Å²) in [4.78, 5) is 1.88. The summed E-state index contributed by atoms with van der Waals surface area (Å²) in [5.41, 5.74) is 3.21. The first kappa shape index (κ1) is 22.6. The smallest absolute Gasteiger partial charge is 0.337 e. The van der Waals surface area contributed by atoms with Gasteiger partial charge in [0.15, 0.2) is 5.11 Å². The molecule has 0 atom stereocenters. The summed E-state index contributed by atoms with van der Waals surface area (Å²) in [5.74, 6) is 0. The van der Waals surface area contributed by atoms with Crippen LogP contribution in [0.4, 0.5) is 5.69 Å². The van der Waals surface area contributed by atoms with E-state index in [4.69, 9.17) is 21.3 Å². The molecule has 0 amide bonds. The third-order valence-electron chi connectivity index (χ3n) is 4.18. The molecular weight excluding hydrogens is 391 g/mol. The van der Waals surface area contributed by atoms with E-state index in [9.17, 15) is 4.57 Å². The minimum atomic E-state index is -3.27. The average Bonchev–Trinajstić information content (AvgIpc) is 2.68. The van der Waals surface area contributed by atoms with Crippen molar-refractivity contribution in [2.75, 3.05) is 31.4 Å². The van der Waals surface area contributed by atoms with E-state index < -0.39 is 7.60 Å². The molecule has 0 aromatic heterocycles. The van der Waals surface area contributed by atoms with Gasteiger partial charge < -0.3 is 19.3 Å². The molecule has 0 saturated carbocycles. The summed E-state index contributed by atoms with van der Waals surface area (Å²) < 4.78 is 24.0. The second kappa shape index (κ2) is 11.3. The highest BCUT2D eigenvalue weighted by Gasteiger charge is 2.28. The Bertz CT molecular complexity index is 791. The fraction of sp³-hybridized carbons (Fsp3) is 0.381. The molecule has 0 bridgehead atoms. The zero-order chi connectivity index (χ0) is 20.4. The normalized spacial score (nSPS) is 11.2. The maximum absolute atomic E-state index is 13.1. The number of hydrogen-bond acceptors (Lipinski definition) is 4. The molecular formula is C21H29N2O3PS. The van der Waals surface area contributed by atoms with Crippen molar-refractivity contribution in [1.82, 2.24) is 4.90 Å². The topological polar surface area (TPSA) is 50.8 Å². The Morgan fingerprint density at radius 3 is 2.25 bits per heavy atom. The Balaban J connectivity index is 2.17. The SMILES string of the molecule is CCOP(=O)(CN(CCc1ccccc1)C(=S)Nc1ccccc1C)OCC. The first-order chi connectivity index (χ1) is 13.5. The minimum Gasteiger partial charge on any atom is -0.337 e. The Hall–Kier alpha value is -1.72. The quantitative estimate of drug-likeness (QED) is 0.407. The second-order valence-electron chi connectivity index (χ2n) is 6.33. The zero-order valence-corrected chi connectivity index (χ0v) is 18.5. The van der Waals surface area contributed by atoms with Gasteiger partial charge in [-0.3, -0.25) is 4.57 Å². The molecule has 152 valence electrons. The van der Waals surface area contributed by atoms with E-state index in [1.165, 1.54) is 5.56 Å². The highest BCUT2D eigenvalue weighted by atomic mass is 32.1. The molecule has 0 saturated heterocycles. The predicted molar refractivity (Wildman–Crippen MR) is 120 cm³/mol. The average molecular weight is 421 g/mol. The van der Waals surface area contributed by atoms with Crippen LogP contribution in [0.15, 0.2) is 54.6 Å². The van der Waals surface area contributed by atoms with E-state index >= 15 is 0 Å². The number of thiocarbonyl (C=S) groups is 1. The molecule has 0 radical (unpaired) electrons. The lowest BCUT2D eigenvalue weighted by Gasteiger charge is -2.29. The highest BCUT2D eigenvalue weighted by molar-refractivity contribution is 7.80. The van der Waals surface area contributed by atoms with Gasteiger partial charge in [-0.25, -0.2) is 0 Å². The number of aryl methyl sites for hydroxylation is 1. The monoisotopic (exact) mass is 420 g/mol. The van der Waals surface area contributed by atoms with E-state index in [0.717, 1.165) is 17.7 Å². The van der Waals surface area contributed by atoms with Crippen LogP contribution in [0.25, 0.3) is 0 Å². The molecule has 0 aliphatic heterocycles. The third-order valence-corrected chi connectivity index (χ3v) is 6.53. The molecule has 0 aliphatic carbocycles. The molecule has 2 aromatic carbocycles. The summed E-state index contributed by atoms with van der Waals surface area (Å²) >= 11 is 5.65. The van der Waals surface area contributed by atoms with Gasteiger partial charge in [-0.2, -0.15) is 0 Å². The Kier molecular flexibility index (Phi) is 9.13. The van der Waals surface area contributed by atoms with Crippen LogP contribution in [0.2, 0.25) is 0 Å². The summed E-state index contributed by atoms with van der Waals surface area (Å²) in [6, 6.07) is 18.1. The van der Waals surface area contributed by atoms with Gasteiger partial charge >= 0.3 is 7.60 Å². The lowest BCUT2D eigenvalue weighted by Crippen LogP contribution is -2.37. The fourth-order valence-corrected chi connectivity index (χ4v) is 4.86. The number of nitrogens with zero attached hydrogens (tertiary/aromatic N) is 1. The number of hydrogen-bond donors (Lipinski definition) is 1. The minimum absolute atomic E-state index is 0.110. The van der Waals surface area contributed by atoms with Crippen molar-refractivity contribution in [3.05, 3.63) is 65.7 Å². The Morgan fingerprint density at radius 1 is 1.04 bits per heavy atom. The van der Waals surface area contributed by atoms with Gasteiger partial charge in [0.05, 0.1) is 13.2 Å². The number of rotatable bonds is 10. The zero-order valence-electron chi connectivity index (χ0n) is 16.8. The standard InChI is InChI=1S/C21H29N2O3PS/c1-4-25-27(24,26-5-2)17-23(16-15-19-12-7-6-8-13-19)21(28)22-20-14-10-9-11-18(20)3/h6-14H,4-5,15-17H2,1-3H3,(H,22,28). The van der Waals surface area contributed by atoms with Crippen molar-refractivity contribution in [3.63, 3.8) is 0 Å². The van der Waals surface area contributed by atoms with E-state index in [-0.39, 0.29) is 6.29 Å². The number of anilines is 1. The molecule has 28 heavy (non-hydrogen) atoms. The van der Waals surface area contributed by atoms with Crippen LogP contribution in [-0.4, -0.2) is 36.1 Å². The van der Waals surface area contributed by atoms with Gasteiger partial charge in [-0.05, 0) is 56.6 Å². The molecule has 7 heteroatoms. The van der Waals surface area contributed by atoms with E-state index in [1.807, 2.05) is 68.1 Å². The molecule has 1 N–H and O–H groups in total. The highest BCUT2D eigenvalue weighted by Crippen LogP contribution is 2.48. The summed E-state index contributed by atoms with van der Waals surface area (Å²) in [6.07, 6.45) is 0.883. The molecule has 5 nitrogen and oxygen atoms in total. The van der Waals surface area contributed by atoms with Gasteiger partial charge in [0, 0.05) is 12.2 Å². The van der Waals surface area contributed by atoms with Gasteiger partial charge in [0.25, 0.3) is 0 Å². The van der Waals surface area contributed by atoms with E-state index in [0.29, 0.717) is 24.9 Å². The molecule has 0 spiro atoms. The van der Waals surface area contributed by atoms with Crippen LogP contribution >= 0.6 is 19.8 Å². The van der Waals surface area contributed by atoms with Gasteiger partial charge in [0.1, 0.15) is 6.29 Å². The molecule has 2 rings (SSSR count).